The van der Waals surface area contributed by atoms with E-state index in [0.29, 0.717) is 12.5 Å². The zero-order valence-electron chi connectivity index (χ0n) is 10.9. The third-order valence-corrected chi connectivity index (χ3v) is 3.57. The lowest BCUT2D eigenvalue weighted by molar-refractivity contribution is 0.486. The van der Waals surface area contributed by atoms with Gasteiger partial charge in [0, 0.05) is 6.54 Å². The van der Waals surface area contributed by atoms with E-state index < -0.39 is 10.0 Å². The van der Waals surface area contributed by atoms with Gasteiger partial charge in [0.2, 0.25) is 10.0 Å². The number of sulfonamides is 1. The van der Waals surface area contributed by atoms with E-state index in [9.17, 15) is 8.42 Å². The summed E-state index contributed by atoms with van der Waals surface area (Å²) >= 11 is 0. The van der Waals surface area contributed by atoms with Crippen molar-refractivity contribution in [3.8, 4) is 0 Å². The number of hydrogen-bond acceptors (Lipinski definition) is 2. The highest BCUT2D eigenvalue weighted by Gasteiger charge is 2.17. The Hall–Kier alpha value is -0.870. The first-order valence-corrected chi connectivity index (χ1v) is 7.70. The molecule has 3 nitrogen and oxygen atoms in total. The van der Waals surface area contributed by atoms with Gasteiger partial charge in [-0.1, -0.05) is 43.7 Å². The van der Waals surface area contributed by atoms with Crippen LogP contribution >= 0.6 is 0 Å². The van der Waals surface area contributed by atoms with Gasteiger partial charge in [-0.2, -0.15) is 0 Å². The van der Waals surface area contributed by atoms with E-state index in [1.165, 1.54) is 17.4 Å². The number of hydrogen-bond donors (Lipinski definition) is 1. The van der Waals surface area contributed by atoms with Crippen molar-refractivity contribution in [2.75, 3.05) is 12.8 Å². The second-order valence-electron chi connectivity index (χ2n) is 4.88. The number of rotatable bonds is 5. The van der Waals surface area contributed by atoms with Crippen molar-refractivity contribution < 1.29 is 8.42 Å². The van der Waals surface area contributed by atoms with E-state index in [2.05, 4.69) is 42.8 Å². The van der Waals surface area contributed by atoms with Crippen LogP contribution in [0.2, 0.25) is 0 Å². The second-order valence-corrected chi connectivity index (χ2v) is 6.71. The maximum absolute atomic E-state index is 11.1. The van der Waals surface area contributed by atoms with Gasteiger partial charge in [-0.25, -0.2) is 13.1 Å². The standard InChI is InChI=1S/C13H21NO2S/c1-10(2)13(9-14-17(4,15)16)12-7-5-11(3)6-8-12/h5-8,10,13-14H,9H2,1-4H3. The minimum Gasteiger partial charge on any atom is -0.215 e. The highest BCUT2D eigenvalue weighted by molar-refractivity contribution is 7.88. The summed E-state index contributed by atoms with van der Waals surface area (Å²) in [6.07, 6.45) is 1.19. The average Bonchev–Trinajstić information content (AvgIpc) is 2.18. The monoisotopic (exact) mass is 255 g/mol. The summed E-state index contributed by atoms with van der Waals surface area (Å²) < 4.78 is 24.9. The van der Waals surface area contributed by atoms with Crippen LogP contribution in [0.5, 0.6) is 0 Å². The molecule has 1 aromatic rings. The molecule has 0 saturated heterocycles. The van der Waals surface area contributed by atoms with Gasteiger partial charge in [-0.3, -0.25) is 0 Å². The first kappa shape index (κ1) is 14.2. The third-order valence-electron chi connectivity index (χ3n) is 2.88. The summed E-state index contributed by atoms with van der Waals surface area (Å²) in [5.74, 6) is 0.609. The van der Waals surface area contributed by atoms with Crippen LogP contribution in [-0.2, 0) is 10.0 Å². The van der Waals surface area contributed by atoms with E-state index in [1.54, 1.807) is 0 Å². The molecule has 0 aliphatic rings. The Morgan fingerprint density at radius 3 is 2.12 bits per heavy atom. The van der Waals surface area contributed by atoms with Crippen LogP contribution in [0.4, 0.5) is 0 Å². The van der Waals surface area contributed by atoms with Gasteiger partial charge in [-0.05, 0) is 24.3 Å². The lowest BCUT2D eigenvalue weighted by atomic mass is 9.88. The summed E-state index contributed by atoms with van der Waals surface area (Å²) in [5, 5.41) is 0. The van der Waals surface area contributed by atoms with Gasteiger partial charge in [0.15, 0.2) is 0 Å². The minimum absolute atomic E-state index is 0.213. The van der Waals surface area contributed by atoms with Gasteiger partial charge in [0.05, 0.1) is 6.26 Å². The van der Waals surface area contributed by atoms with Crippen LogP contribution in [0.3, 0.4) is 0 Å². The van der Waals surface area contributed by atoms with E-state index in [4.69, 9.17) is 0 Å². The molecule has 0 aliphatic heterocycles. The molecule has 17 heavy (non-hydrogen) atoms. The zero-order chi connectivity index (χ0) is 13.1. The summed E-state index contributed by atoms with van der Waals surface area (Å²) in [7, 11) is -3.12. The molecule has 1 unspecified atom stereocenters. The third kappa shape index (κ3) is 4.88. The van der Waals surface area contributed by atoms with E-state index >= 15 is 0 Å². The van der Waals surface area contributed by atoms with Gasteiger partial charge >= 0.3 is 0 Å². The maximum Gasteiger partial charge on any atom is 0.208 e. The molecule has 0 aliphatic carbocycles. The van der Waals surface area contributed by atoms with Gasteiger partial charge in [0.1, 0.15) is 0 Å². The van der Waals surface area contributed by atoms with Crippen LogP contribution in [0.25, 0.3) is 0 Å². The van der Waals surface area contributed by atoms with Crippen LogP contribution in [0.15, 0.2) is 24.3 Å². The smallest absolute Gasteiger partial charge is 0.208 e. The Balaban J connectivity index is 2.83. The van der Waals surface area contributed by atoms with Crippen molar-refractivity contribution in [1.82, 2.24) is 4.72 Å². The molecule has 1 N–H and O–H groups in total. The van der Waals surface area contributed by atoms with Gasteiger partial charge in [0.25, 0.3) is 0 Å². The quantitative estimate of drug-likeness (QED) is 0.877. The van der Waals surface area contributed by atoms with Crippen molar-refractivity contribution in [3.05, 3.63) is 35.4 Å². The number of benzene rings is 1. The molecule has 0 saturated carbocycles. The molecule has 0 aromatic heterocycles. The molecule has 96 valence electrons. The van der Waals surface area contributed by atoms with Gasteiger partial charge in [-0.15, -0.1) is 0 Å². The van der Waals surface area contributed by atoms with Crippen LogP contribution in [-0.4, -0.2) is 21.2 Å². The van der Waals surface area contributed by atoms with Crippen LogP contribution in [0, 0.1) is 12.8 Å². The lowest BCUT2D eigenvalue weighted by Gasteiger charge is -2.21. The average molecular weight is 255 g/mol. The summed E-state index contributed by atoms with van der Waals surface area (Å²) in [4.78, 5) is 0. The maximum atomic E-state index is 11.1. The van der Waals surface area contributed by atoms with E-state index in [-0.39, 0.29) is 5.92 Å². The molecule has 1 aromatic carbocycles. The molecule has 0 fully saturated rings. The molecule has 0 amide bonds. The fourth-order valence-corrected chi connectivity index (χ4v) is 2.28. The van der Waals surface area contributed by atoms with E-state index in [1.807, 2.05) is 6.92 Å². The molecule has 0 radical (unpaired) electrons. The molecule has 1 rings (SSSR count). The molecule has 4 heteroatoms. The predicted octanol–water partition coefficient (Wildman–Crippen LogP) is 2.28. The second kappa shape index (κ2) is 5.65. The normalized spacial score (nSPS) is 13.9. The highest BCUT2D eigenvalue weighted by atomic mass is 32.2. The van der Waals surface area contributed by atoms with Crippen molar-refractivity contribution in [3.63, 3.8) is 0 Å². The Morgan fingerprint density at radius 2 is 1.71 bits per heavy atom. The highest BCUT2D eigenvalue weighted by Crippen LogP contribution is 2.24. The first-order valence-electron chi connectivity index (χ1n) is 5.81. The van der Waals surface area contributed by atoms with Crippen molar-refractivity contribution in [1.29, 1.82) is 0 Å². The number of aryl methyl sites for hydroxylation is 1. The largest absolute Gasteiger partial charge is 0.215 e. The topological polar surface area (TPSA) is 46.2 Å². The molecular formula is C13H21NO2S. The summed E-state index contributed by atoms with van der Waals surface area (Å²) in [6.45, 7) is 6.71. The van der Waals surface area contributed by atoms with Crippen molar-refractivity contribution in [2.24, 2.45) is 5.92 Å². The fourth-order valence-electron chi connectivity index (χ4n) is 1.79. The Kier molecular flexibility index (Phi) is 4.71. The molecule has 0 heterocycles. The summed E-state index contributed by atoms with van der Waals surface area (Å²) in [5.41, 5.74) is 2.40. The Labute approximate surface area is 104 Å². The van der Waals surface area contributed by atoms with Crippen molar-refractivity contribution >= 4 is 10.0 Å². The Bertz CT molecular complexity index is 449. The number of nitrogens with one attached hydrogen (secondary N) is 1. The SMILES string of the molecule is Cc1ccc(C(CNS(C)(=O)=O)C(C)C)cc1. The van der Waals surface area contributed by atoms with Crippen LogP contribution < -0.4 is 4.72 Å². The molecule has 1 atom stereocenters. The molecule has 0 bridgehead atoms. The molecule has 0 spiro atoms. The predicted molar refractivity (Wildman–Crippen MR) is 71.6 cm³/mol. The zero-order valence-corrected chi connectivity index (χ0v) is 11.7. The molecular weight excluding hydrogens is 234 g/mol. The first-order chi connectivity index (χ1) is 7.79. The van der Waals surface area contributed by atoms with Gasteiger partial charge < -0.3 is 0 Å². The summed E-state index contributed by atoms with van der Waals surface area (Å²) in [6, 6.07) is 8.27. The lowest BCUT2D eigenvalue weighted by Crippen LogP contribution is -2.29. The minimum atomic E-state index is -3.12. The fraction of sp³-hybridized carbons (Fsp3) is 0.538. The Morgan fingerprint density at radius 1 is 1.18 bits per heavy atom. The van der Waals surface area contributed by atoms with Crippen LogP contribution in [0.1, 0.15) is 30.9 Å². The van der Waals surface area contributed by atoms with E-state index in [0.717, 1.165) is 0 Å². The van der Waals surface area contributed by atoms with Crippen molar-refractivity contribution in [2.45, 2.75) is 26.7 Å².